The van der Waals surface area contributed by atoms with Gasteiger partial charge in [0.05, 0.1) is 4.90 Å². The highest BCUT2D eigenvalue weighted by molar-refractivity contribution is 14.1. The molecule has 1 amide bonds. The minimum absolute atomic E-state index is 0.0127. The molecule has 6 nitrogen and oxygen atoms in total. The number of sulfonamides is 1. The Morgan fingerprint density at radius 1 is 1.00 bits per heavy atom. The number of carbonyl (C=O) groups excluding carboxylic acids is 1. The van der Waals surface area contributed by atoms with Crippen molar-refractivity contribution in [1.82, 2.24) is 4.31 Å². The van der Waals surface area contributed by atoms with Gasteiger partial charge >= 0.3 is 0 Å². The van der Waals surface area contributed by atoms with Crippen LogP contribution in [0.15, 0.2) is 41.3 Å². The Bertz CT molecular complexity index is 1040. The zero-order chi connectivity index (χ0) is 20.8. The largest absolute Gasteiger partial charge is 0.369 e. The summed E-state index contributed by atoms with van der Waals surface area (Å²) in [5.41, 5.74) is 4.11. The second kappa shape index (κ2) is 7.88. The Morgan fingerprint density at radius 3 is 2.38 bits per heavy atom. The quantitative estimate of drug-likeness (QED) is 0.579. The van der Waals surface area contributed by atoms with E-state index in [0.29, 0.717) is 44.0 Å². The van der Waals surface area contributed by atoms with E-state index in [4.69, 9.17) is 0 Å². The Hall–Kier alpha value is -1.65. The maximum atomic E-state index is 13.2. The predicted octanol–water partition coefficient (Wildman–Crippen LogP) is 3.02. The number of hydrogen-bond donors (Lipinski definition) is 0. The molecule has 2 aliphatic rings. The smallest absolute Gasteiger partial charge is 0.243 e. The predicted molar refractivity (Wildman–Crippen MR) is 123 cm³/mol. The molecule has 2 aliphatic heterocycles. The third-order valence-corrected chi connectivity index (χ3v) is 8.11. The zero-order valence-corrected chi connectivity index (χ0v) is 19.5. The molecule has 0 atom stereocenters. The number of amides is 1. The molecule has 0 saturated carbocycles. The number of hydrogen-bond acceptors (Lipinski definition) is 4. The molecule has 0 N–H and O–H groups in total. The summed E-state index contributed by atoms with van der Waals surface area (Å²) in [4.78, 5) is 16.0. The summed E-state index contributed by atoms with van der Waals surface area (Å²) in [5, 5.41) is 0. The summed E-state index contributed by atoms with van der Waals surface area (Å²) in [7, 11) is -3.54. The van der Waals surface area contributed by atoms with E-state index in [1.807, 2.05) is 0 Å². The third-order valence-electron chi connectivity index (χ3n) is 5.60. The number of aryl methyl sites for hydroxylation is 1. The van der Waals surface area contributed by atoms with Crippen molar-refractivity contribution in [2.75, 3.05) is 42.5 Å². The first-order chi connectivity index (χ1) is 13.8. The minimum Gasteiger partial charge on any atom is -0.369 e. The number of carbonyl (C=O) groups is 1. The molecule has 0 aromatic heterocycles. The summed E-state index contributed by atoms with van der Waals surface area (Å²) in [5.74, 6) is -0.0127. The fourth-order valence-corrected chi connectivity index (χ4v) is 6.38. The van der Waals surface area contributed by atoms with Crippen LogP contribution in [-0.4, -0.2) is 51.4 Å². The van der Waals surface area contributed by atoms with Gasteiger partial charge in [0.25, 0.3) is 0 Å². The Kier molecular flexibility index (Phi) is 5.60. The molecule has 0 spiro atoms. The van der Waals surface area contributed by atoms with Crippen molar-refractivity contribution in [3.8, 4) is 0 Å². The SMILES string of the molecule is CC(=O)N1CCc2cc(S(=O)(=O)N3CCN(c4cc(C)cc(I)c4)CC3)ccc21. The van der Waals surface area contributed by atoms with Crippen LogP contribution in [0.1, 0.15) is 18.1 Å². The lowest BCUT2D eigenvalue weighted by Gasteiger charge is -2.35. The first-order valence-electron chi connectivity index (χ1n) is 9.69. The zero-order valence-electron chi connectivity index (χ0n) is 16.6. The molecule has 1 fully saturated rings. The monoisotopic (exact) mass is 525 g/mol. The van der Waals surface area contributed by atoms with Gasteiger partial charge in [0.1, 0.15) is 0 Å². The highest BCUT2D eigenvalue weighted by Gasteiger charge is 2.31. The van der Waals surface area contributed by atoms with Gasteiger partial charge in [-0.2, -0.15) is 4.31 Å². The van der Waals surface area contributed by atoms with Crippen molar-refractivity contribution in [3.05, 3.63) is 51.1 Å². The van der Waals surface area contributed by atoms with Crippen LogP contribution in [0.25, 0.3) is 0 Å². The van der Waals surface area contributed by atoms with E-state index in [1.54, 1.807) is 27.4 Å². The van der Waals surface area contributed by atoms with E-state index in [9.17, 15) is 13.2 Å². The van der Waals surface area contributed by atoms with E-state index in [-0.39, 0.29) is 5.91 Å². The topological polar surface area (TPSA) is 60.9 Å². The highest BCUT2D eigenvalue weighted by Crippen LogP contribution is 2.31. The van der Waals surface area contributed by atoms with Crippen molar-refractivity contribution in [2.45, 2.75) is 25.2 Å². The van der Waals surface area contributed by atoms with E-state index < -0.39 is 10.0 Å². The molecule has 2 aromatic rings. The van der Waals surface area contributed by atoms with E-state index in [2.05, 4.69) is 52.6 Å². The summed E-state index contributed by atoms with van der Waals surface area (Å²) >= 11 is 2.31. The molecule has 4 rings (SSSR count). The molecular weight excluding hydrogens is 501 g/mol. The van der Waals surface area contributed by atoms with Crippen LogP contribution in [0.5, 0.6) is 0 Å². The van der Waals surface area contributed by atoms with Crippen LogP contribution in [0.3, 0.4) is 0 Å². The van der Waals surface area contributed by atoms with E-state index >= 15 is 0 Å². The average molecular weight is 525 g/mol. The van der Waals surface area contributed by atoms with Crippen molar-refractivity contribution in [1.29, 1.82) is 0 Å². The number of piperazine rings is 1. The normalized spacial score (nSPS) is 17.5. The lowest BCUT2D eigenvalue weighted by Crippen LogP contribution is -2.48. The molecule has 0 aliphatic carbocycles. The van der Waals surface area contributed by atoms with Gasteiger partial charge in [-0.05, 0) is 83.5 Å². The molecule has 0 unspecified atom stereocenters. The number of halogens is 1. The van der Waals surface area contributed by atoms with Crippen LogP contribution in [0.4, 0.5) is 11.4 Å². The molecular formula is C21H24IN3O3S. The van der Waals surface area contributed by atoms with Crippen molar-refractivity contribution >= 4 is 49.9 Å². The lowest BCUT2D eigenvalue weighted by atomic mass is 10.2. The fourth-order valence-electron chi connectivity index (χ4n) is 4.10. The number of fused-ring (bicyclic) bond motifs is 1. The van der Waals surface area contributed by atoms with Crippen LogP contribution >= 0.6 is 22.6 Å². The Labute approximate surface area is 185 Å². The van der Waals surface area contributed by atoms with Gasteiger partial charge in [-0.1, -0.05) is 0 Å². The number of rotatable bonds is 3. The summed E-state index contributed by atoms with van der Waals surface area (Å²) in [6.07, 6.45) is 0.693. The first kappa shape index (κ1) is 20.6. The van der Waals surface area contributed by atoms with Gasteiger partial charge in [-0.3, -0.25) is 4.79 Å². The van der Waals surface area contributed by atoms with Crippen LogP contribution < -0.4 is 9.80 Å². The van der Waals surface area contributed by atoms with Gasteiger partial charge in [0.2, 0.25) is 15.9 Å². The molecule has 2 aromatic carbocycles. The second-order valence-corrected chi connectivity index (χ2v) is 10.8. The maximum Gasteiger partial charge on any atom is 0.243 e. The number of anilines is 2. The molecule has 0 radical (unpaired) electrons. The van der Waals surface area contributed by atoms with Crippen LogP contribution in [0, 0.1) is 10.5 Å². The Morgan fingerprint density at radius 2 is 1.72 bits per heavy atom. The standard InChI is InChI=1S/C21H24IN3O3S/c1-15-11-18(22)14-19(12-15)23-7-9-24(10-8-23)29(27,28)20-3-4-21-17(13-20)5-6-25(21)16(2)26/h3-4,11-14H,5-10H2,1-2H3. The first-order valence-corrected chi connectivity index (χ1v) is 12.2. The average Bonchev–Trinajstić information content (AvgIpc) is 3.11. The summed E-state index contributed by atoms with van der Waals surface area (Å²) in [6, 6.07) is 11.5. The van der Waals surface area contributed by atoms with E-state index in [1.165, 1.54) is 16.1 Å². The fraction of sp³-hybridized carbons (Fsp3) is 0.381. The summed E-state index contributed by atoms with van der Waals surface area (Å²) < 4.78 is 29.1. The molecule has 2 heterocycles. The molecule has 1 saturated heterocycles. The van der Waals surface area contributed by atoms with Gasteiger partial charge in [0, 0.05) is 54.6 Å². The molecule has 29 heavy (non-hydrogen) atoms. The van der Waals surface area contributed by atoms with Crippen LogP contribution in [-0.2, 0) is 21.2 Å². The number of nitrogens with zero attached hydrogens (tertiary/aromatic N) is 3. The second-order valence-electron chi connectivity index (χ2n) is 7.59. The molecule has 8 heteroatoms. The number of benzene rings is 2. The lowest BCUT2D eigenvalue weighted by molar-refractivity contribution is -0.116. The summed E-state index contributed by atoms with van der Waals surface area (Å²) in [6.45, 7) is 6.49. The van der Waals surface area contributed by atoms with Gasteiger partial charge in [-0.25, -0.2) is 8.42 Å². The third kappa shape index (κ3) is 4.02. The van der Waals surface area contributed by atoms with Crippen LogP contribution in [0.2, 0.25) is 0 Å². The van der Waals surface area contributed by atoms with E-state index in [0.717, 1.165) is 16.9 Å². The van der Waals surface area contributed by atoms with Gasteiger partial charge in [-0.15, -0.1) is 0 Å². The minimum atomic E-state index is -3.54. The van der Waals surface area contributed by atoms with Gasteiger partial charge in [0.15, 0.2) is 0 Å². The van der Waals surface area contributed by atoms with Crippen molar-refractivity contribution in [2.24, 2.45) is 0 Å². The maximum absolute atomic E-state index is 13.2. The van der Waals surface area contributed by atoms with Crippen molar-refractivity contribution in [3.63, 3.8) is 0 Å². The highest BCUT2D eigenvalue weighted by atomic mass is 127. The van der Waals surface area contributed by atoms with Gasteiger partial charge < -0.3 is 9.80 Å². The molecule has 0 bridgehead atoms. The van der Waals surface area contributed by atoms with Crippen molar-refractivity contribution < 1.29 is 13.2 Å². The Balaban J connectivity index is 1.50. The molecule has 154 valence electrons.